The van der Waals surface area contributed by atoms with E-state index in [1.165, 1.54) is 12.5 Å². The molecule has 19 heavy (non-hydrogen) atoms. The zero-order chi connectivity index (χ0) is 14.0. The Balaban J connectivity index is 2.09. The molecule has 1 aromatic rings. The number of aliphatic hydroxyl groups excluding tert-OH is 1. The summed E-state index contributed by atoms with van der Waals surface area (Å²) >= 11 is 0. The number of carbonyl (C=O) groups excluding carboxylic acids is 1. The van der Waals surface area contributed by atoms with Crippen LogP contribution in [0.15, 0.2) is 12.5 Å². The number of rotatable bonds is 3. The quantitative estimate of drug-likeness (QED) is 0.753. The number of primary amides is 1. The highest BCUT2D eigenvalue weighted by atomic mass is 16.3. The summed E-state index contributed by atoms with van der Waals surface area (Å²) in [6.45, 7) is 4.13. The van der Waals surface area contributed by atoms with Crippen LogP contribution in [0.3, 0.4) is 0 Å². The number of hydrogen-bond acceptors (Lipinski definition) is 5. The molecule has 6 nitrogen and oxygen atoms in total. The number of nitrogens with two attached hydrogens (primary N) is 1. The molecule has 0 aromatic carbocycles. The number of aromatic nitrogens is 2. The lowest BCUT2D eigenvalue weighted by Gasteiger charge is -2.39. The Morgan fingerprint density at radius 3 is 2.95 bits per heavy atom. The number of amides is 1. The molecule has 104 valence electrons. The van der Waals surface area contributed by atoms with Crippen molar-refractivity contribution in [3.63, 3.8) is 0 Å². The summed E-state index contributed by atoms with van der Waals surface area (Å²) in [6, 6.07) is 0.0935. The zero-order valence-corrected chi connectivity index (χ0v) is 11.3. The second-order valence-corrected chi connectivity index (χ2v) is 5.77. The van der Waals surface area contributed by atoms with Gasteiger partial charge in [-0.2, -0.15) is 0 Å². The van der Waals surface area contributed by atoms with Gasteiger partial charge in [0.2, 0.25) is 0 Å². The average molecular weight is 264 g/mol. The Bertz CT molecular complexity index is 475. The van der Waals surface area contributed by atoms with Gasteiger partial charge in [-0.05, 0) is 24.7 Å². The molecule has 2 atom stereocenters. The maximum Gasteiger partial charge on any atom is 0.254 e. The lowest BCUT2D eigenvalue weighted by molar-refractivity contribution is 0.00912. The molecule has 6 heteroatoms. The van der Waals surface area contributed by atoms with Crippen LogP contribution >= 0.6 is 0 Å². The second-order valence-electron chi connectivity index (χ2n) is 5.77. The van der Waals surface area contributed by atoms with Gasteiger partial charge in [0.05, 0.1) is 11.7 Å². The van der Waals surface area contributed by atoms with Gasteiger partial charge >= 0.3 is 0 Å². The van der Waals surface area contributed by atoms with Crippen LogP contribution in [-0.2, 0) is 0 Å². The van der Waals surface area contributed by atoms with E-state index in [4.69, 9.17) is 5.73 Å². The van der Waals surface area contributed by atoms with Crippen LogP contribution in [0, 0.1) is 5.41 Å². The monoisotopic (exact) mass is 264 g/mol. The predicted octanol–water partition coefficient (Wildman–Crippen LogP) is 0.927. The summed E-state index contributed by atoms with van der Waals surface area (Å²) < 4.78 is 0. The van der Waals surface area contributed by atoms with Gasteiger partial charge in [0.25, 0.3) is 5.91 Å². The van der Waals surface area contributed by atoms with E-state index in [-0.39, 0.29) is 23.1 Å². The third kappa shape index (κ3) is 3.01. The Morgan fingerprint density at radius 2 is 2.32 bits per heavy atom. The molecule has 4 N–H and O–H groups in total. The second kappa shape index (κ2) is 5.13. The molecule has 0 spiro atoms. The molecule has 1 aliphatic carbocycles. The molecule has 0 unspecified atom stereocenters. The molecule has 1 heterocycles. The van der Waals surface area contributed by atoms with Crippen LogP contribution in [0.25, 0.3) is 0 Å². The van der Waals surface area contributed by atoms with Crippen molar-refractivity contribution < 1.29 is 9.90 Å². The van der Waals surface area contributed by atoms with Crippen molar-refractivity contribution in [2.45, 2.75) is 45.3 Å². The van der Waals surface area contributed by atoms with E-state index in [9.17, 15) is 9.90 Å². The zero-order valence-electron chi connectivity index (χ0n) is 11.3. The molecular formula is C13H20N4O2. The van der Waals surface area contributed by atoms with Gasteiger partial charge < -0.3 is 16.2 Å². The molecule has 0 aliphatic heterocycles. The lowest BCUT2D eigenvalue weighted by atomic mass is 9.73. The van der Waals surface area contributed by atoms with E-state index < -0.39 is 5.91 Å². The topological polar surface area (TPSA) is 101 Å². The van der Waals surface area contributed by atoms with Crippen molar-refractivity contribution >= 4 is 11.7 Å². The van der Waals surface area contributed by atoms with Crippen molar-refractivity contribution in [2.24, 2.45) is 11.1 Å². The van der Waals surface area contributed by atoms with Crippen LogP contribution in [0.4, 0.5) is 5.82 Å². The Kier molecular flexibility index (Phi) is 3.71. The summed E-state index contributed by atoms with van der Waals surface area (Å²) in [5.74, 6) is -0.112. The standard InChI is InChI=1S/C13H20N4O2/c1-13(2)4-3-8(5-10(13)18)17-12-9(11(14)19)6-15-7-16-12/h6-8,10,18H,3-5H2,1-2H3,(H2,14,19)(H,15,16,17)/t8-,10-/m0/s1. The number of anilines is 1. The summed E-state index contributed by atoms with van der Waals surface area (Å²) in [5.41, 5.74) is 5.50. The maximum atomic E-state index is 11.3. The van der Waals surface area contributed by atoms with E-state index in [0.29, 0.717) is 12.2 Å². The number of nitrogens with one attached hydrogen (secondary N) is 1. The smallest absolute Gasteiger partial charge is 0.254 e. The van der Waals surface area contributed by atoms with Gasteiger partial charge in [-0.1, -0.05) is 13.8 Å². The van der Waals surface area contributed by atoms with E-state index in [0.717, 1.165) is 12.8 Å². The molecule has 0 bridgehead atoms. The molecule has 1 amide bonds. The van der Waals surface area contributed by atoms with Crippen molar-refractivity contribution in [3.05, 3.63) is 18.1 Å². The van der Waals surface area contributed by atoms with E-state index in [1.807, 2.05) is 0 Å². The van der Waals surface area contributed by atoms with Gasteiger partial charge in [-0.15, -0.1) is 0 Å². The van der Waals surface area contributed by atoms with E-state index >= 15 is 0 Å². The average Bonchev–Trinajstić information content (AvgIpc) is 2.35. The van der Waals surface area contributed by atoms with Crippen LogP contribution in [0.2, 0.25) is 0 Å². The minimum Gasteiger partial charge on any atom is -0.392 e. The molecule has 0 saturated heterocycles. The molecule has 1 aliphatic rings. The van der Waals surface area contributed by atoms with Gasteiger partial charge in [-0.3, -0.25) is 4.79 Å². The number of nitrogens with zero attached hydrogens (tertiary/aromatic N) is 2. The van der Waals surface area contributed by atoms with Crippen LogP contribution in [0.5, 0.6) is 0 Å². The van der Waals surface area contributed by atoms with Crippen molar-refractivity contribution in [3.8, 4) is 0 Å². The minimum absolute atomic E-state index is 0.0592. The minimum atomic E-state index is -0.556. The lowest BCUT2D eigenvalue weighted by Crippen LogP contribution is -2.41. The highest BCUT2D eigenvalue weighted by Crippen LogP contribution is 2.36. The first-order valence-electron chi connectivity index (χ1n) is 6.44. The van der Waals surface area contributed by atoms with Crippen LogP contribution in [0.1, 0.15) is 43.5 Å². The molecule has 1 fully saturated rings. The predicted molar refractivity (Wildman–Crippen MR) is 71.6 cm³/mol. The van der Waals surface area contributed by atoms with E-state index in [2.05, 4.69) is 29.1 Å². The van der Waals surface area contributed by atoms with Crippen molar-refractivity contribution in [2.75, 3.05) is 5.32 Å². The number of hydrogen-bond donors (Lipinski definition) is 3. The molecule has 0 radical (unpaired) electrons. The highest BCUT2D eigenvalue weighted by Gasteiger charge is 2.35. The molecule has 1 aromatic heterocycles. The Labute approximate surface area is 112 Å². The fourth-order valence-corrected chi connectivity index (χ4v) is 2.37. The van der Waals surface area contributed by atoms with Crippen molar-refractivity contribution in [1.29, 1.82) is 0 Å². The summed E-state index contributed by atoms with van der Waals surface area (Å²) in [6.07, 6.45) is 4.89. The van der Waals surface area contributed by atoms with Gasteiger partial charge in [0.1, 0.15) is 12.1 Å². The molecule has 2 rings (SSSR count). The maximum absolute atomic E-state index is 11.3. The van der Waals surface area contributed by atoms with Crippen LogP contribution in [-0.4, -0.2) is 33.1 Å². The third-order valence-corrected chi connectivity index (χ3v) is 3.87. The Hall–Kier alpha value is -1.69. The summed E-state index contributed by atoms with van der Waals surface area (Å²) in [5, 5.41) is 13.3. The first-order chi connectivity index (χ1) is 8.90. The molecule has 1 saturated carbocycles. The fraction of sp³-hybridized carbons (Fsp3) is 0.615. The first kappa shape index (κ1) is 13.7. The fourth-order valence-electron chi connectivity index (χ4n) is 2.37. The highest BCUT2D eigenvalue weighted by molar-refractivity contribution is 5.97. The first-order valence-corrected chi connectivity index (χ1v) is 6.44. The number of carbonyl (C=O) groups is 1. The largest absolute Gasteiger partial charge is 0.392 e. The normalized spacial score (nSPS) is 25.8. The van der Waals surface area contributed by atoms with Gasteiger partial charge in [0.15, 0.2) is 0 Å². The van der Waals surface area contributed by atoms with Crippen LogP contribution < -0.4 is 11.1 Å². The third-order valence-electron chi connectivity index (χ3n) is 3.87. The summed E-state index contributed by atoms with van der Waals surface area (Å²) in [7, 11) is 0. The van der Waals surface area contributed by atoms with E-state index in [1.54, 1.807) is 0 Å². The summed E-state index contributed by atoms with van der Waals surface area (Å²) in [4.78, 5) is 19.1. The number of aliphatic hydroxyl groups is 1. The SMILES string of the molecule is CC1(C)CC[C@H](Nc2ncncc2C(N)=O)C[C@@H]1O. The Morgan fingerprint density at radius 1 is 1.58 bits per heavy atom. The van der Waals surface area contributed by atoms with Gasteiger partial charge in [0, 0.05) is 12.2 Å². The van der Waals surface area contributed by atoms with Crippen molar-refractivity contribution in [1.82, 2.24) is 9.97 Å². The molecular weight excluding hydrogens is 244 g/mol. The van der Waals surface area contributed by atoms with Gasteiger partial charge in [-0.25, -0.2) is 9.97 Å².